The molecule has 0 atom stereocenters. The number of unbranched alkanes of at least 4 members (excludes halogenated alkanes) is 5. The second-order valence-electron chi connectivity index (χ2n) is 3.15. The molecule has 0 rings (SSSR count). The molecule has 0 saturated carbocycles. The molecule has 0 aromatic heterocycles. The van der Waals surface area contributed by atoms with E-state index in [0.29, 0.717) is 6.61 Å². The van der Waals surface area contributed by atoms with E-state index in [1.54, 1.807) is 0 Å². The van der Waals surface area contributed by atoms with E-state index in [0.717, 1.165) is 19.1 Å². The van der Waals surface area contributed by atoms with Crippen molar-refractivity contribution in [1.29, 1.82) is 0 Å². The van der Waals surface area contributed by atoms with Gasteiger partial charge in [0.1, 0.15) is 0 Å². The molecule has 0 aliphatic carbocycles. The summed E-state index contributed by atoms with van der Waals surface area (Å²) in [5, 5.41) is 0. The van der Waals surface area contributed by atoms with Gasteiger partial charge in [-0.25, -0.2) is 4.79 Å². The van der Waals surface area contributed by atoms with Gasteiger partial charge >= 0.3 is 6.16 Å². The van der Waals surface area contributed by atoms with E-state index in [-0.39, 0.29) is 0 Å². The highest BCUT2D eigenvalue weighted by atomic mass is 16.7. The summed E-state index contributed by atoms with van der Waals surface area (Å²) in [5.41, 5.74) is 0. The monoisotopic (exact) mass is 200 g/mol. The van der Waals surface area contributed by atoms with Crippen LogP contribution in [0.15, 0.2) is 12.8 Å². The van der Waals surface area contributed by atoms with Crippen LogP contribution in [0.2, 0.25) is 0 Å². The lowest BCUT2D eigenvalue weighted by Crippen LogP contribution is -2.04. The third-order valence-electron chi connectivity index (χ3n) is 1.90. The lowest BCUT2D eigenvalue weighted by Gasteiger charge is -2.02. The number of hydrogen-bond acceptors (Lipinski definition) is 3. The van der Waals surface area contributed by atoms with Crippen molar-refractivity contribution in [3.8, 4) is 0 Å². The van der Waals surface area contributed by atoms with Crippen LogP contribution < -0.4 is 0 Å². The Morgan fingerprint density at radius 1 is 1.21 bits per heavy atom. The summed E-state index contributed by atoms with van der Waals surface area (Å²) >= 11 is 0. The van der Waals surface area contributed by atoms with Crippen LogP contribution in [0.5, 0.6) is 0 Å². The number of hydrogen-bond donors (Lipinski definition) is 0. The van der Waals surface area contributed by atoms with Gasteiger partial charge in [-0.05, 0) is 6.42 Å². The van der Waals surface area contributed by atoms with Crippen molar-refractivity contribution in [2.45, 2.75) is 45.4 Å². The standard InChI is InChI=1S/C11H20O3/c1-3-5-6-7-8-9-10-14-11(12)13-4-2/h4H,2-3,5-10H2,1H3. The van der Waals surface area contributed by atoms with Crippen LogP contribution in [0, 0.1) is 0 Å². The Hall–Kier alpha value is -0.990. The first-order valence-electron chi connectivity index (χ1n) is 5.25. The topological polar surface area (TPSA) is 35.5 Å². The van der Waals surface area contributed by atoms with Gasteiger partial charge in [-0.15, -0.1) is 0 Å². The van der Waals surface area contributed by atoms with Gasteiger partial charge in [-0.2, -0.15) is 0 Å². The molecule has 14 heavy (non-hydrogen) atoms. The van der Waals surface area contributed by atoms with E-state index in [1.165, 1.54) is 25.7 Å². The van der Waals surface area contributed by atoms with Crippen molar-refractivity contribution in [1.82, 2.24) is 0 Å². The van der Waals surface area contributed by atoms with E-state index in [9.17, 15) is 4.79 Å². The first-order chi connectivity index (χ1) is 6.81. The van der Waals surface area contributed by atoms with Crippen LogP contribution in [0.1, 0.15) is 45.4 Å². The van der Waals surface area contributed by atoms with Crippen LogP contribution in [-0.2, 0) is 9.47 Å². The Morgan fingerprint density at radius 2 is 1.86 bits per heavy atom. The second kappa shape index (κ2) is 10.1. The van der Waals surface area contributed by atoms with Gasteiger partial charge in [-0.3, -0.25) is 0 Å². The molecule has 0 aliphatic heterocycles. The minimum atomic E-state index is -0.659. The average molecular weight is 200 g/mol. The predicted octanol–water partition coefficient (Wildman–Crippen LogP) is 3.64. The lowest BCUT2D eigenvalue weighted by molar-refractivity contribution is 0.0833. The van der Waals surface area contributed by atoms with Gasteiger partial charge in [-0.1, -0.05) is 45.6 Å². The van der Waals surface area contributed by atoms with Crippen molar-refractivity contribution in [3.63, 3.8) is 0 Å². The highest BCUT2D eigenvalue weighted by molar-refractivity contribution is 5.60. The molecule has 0 aromatic rings. The fourth-order valence-corrected chi connectivity index (χ4v) is 1.14. The zero-order valence-corrected chi connectivity index (χ0v) is 8.96. The SMILES string of the molecule is C=COC(=O)OCCCCCCCC. The lowest BCUT2D eigenvalue weighted by atomic mass is 10.1. The maximum absolute atomic E-state index is 10.7. The molecule has 82 valence electrons. The van der Waals surface area contributed by atoms with Gasteiger partial charge in [0.2, 0.25) is 0 Å². The molecular formula is C11H20O3. The van der Waals surface area contributed by atoms with Crippen molar-refractivity contribution in [2.24, 2.45) is 0 Å². The maximum Gasteiger partial charge on any atom is 0.513 e. The largest absolute Gasteiger partial charge is 0.513 e. The van der Waals surface area contributed by atoms with Crippen molar-refractivity contribution >= 4 is 6.16 Å². The molecule has 0 aromatic carbocycles. The van der Waals surface area contributed by atoms with Gasteiger partial charge in [0.25, 0.3) is 0 Å². The normalized spacial score (nSPS) is 9.50. The van der Waals surface area contributed by atoms with Gasteiger partial charge in [0, 0.05) is 0 Å². The summed E-state index contributed by atoms with van der Waals surface area (Å²) in [4.78, 5) is 10.7. The molecule has 0 fully saturated rings. The highest BCUT2D eigenvalue weighted by Crippen LogP contribution is 2.05. The molecular weight excluding hydrogens is 180 g/mol. The molecule has 0 heterocycles. The quantitative estimate of drug-likeness (QED) is 0.341. The average Bonchev–Trinajstić information content (AvgIpc) is 2.17. The Kier molecular flexibility index (Phi) is 9.38. The first-order valence-corrected chi connectivity index (χ1v) is 5.25. The molecule has 0 spiro atoms. The van der Waals surface area contributed by atoms with Gasteiger partial charge in [0.05, 0.1) is 12.9 Å². The Morgan fingerprint density at radius 3 is 2.50 bits per heavy atom. The zero-order chi connectivity index (χ0) is 10.6. The minimum Gasteiger partial charge on any atom is -0.434 e. The van der Waals surface area contributed by atoms with Gasteiger partial charge < -0.3 is 9.47 Å². The minimum absolute atomic E-state index is 0.443. The van der Waals surface area contributed by atoms with Crippen molar-refractivity contribution < 1.29 is 14.3 Å². The summed E-state index contributed by atoms with van der Waals surface area (Å²) < 4.78 is 9.15. The smallest absolute Gasteiger partial charge is 0.434 e. The summed E-state index contributed by atoms with van der Waals surface area (Å²) in [6.45, 7) is 5.89. The van der Waals surface area contributed by atoms with Crippen molar-refractivity contribution in [2.75, 3.05) is 6.61 Å². The number of carbonyl (C=O) groups excluding carboxylic acids is 1. The van der Waals surface area contributed by atoms with Gasteiger partial charge in [0.15, 0.2) is 0 Å². The molecule has 0 aliphatic rings. The number of carbonyl (C=O) groups is 1. The molecule has 0 bridgehead atoms. The Bertz CT molecular complexity index is 155. The van der Waals surface area contributed by atoms with Crippen LogP contribution in [0.25, 0.3) is 0 Å². The second-order valence-corrected chi connectivity index (χ2v) is 3.15. The highest BCUT2D eigenvalue weighted by Gasteiger charge is 1.99. The maximum atomic E-state index is 10.7. The summed E-state index contributed by atoms with van der Waals surface area (Å²) in [6.07, 6.45) is 7.47. The van der Waals surface area contributed by atoms with Crippen LogP contribution in [-0.4, -0.2) is 12.8 Å². The molecule has 0 N–H and O–H groups in total. The van der Waals surface area contributed by atoms with Crippen LogP contribution in [0.3, 0.4) is 0 Å². The molecule has 0 amide bonds. The van der Waals surface area contributed by atoms with E-state index < -0.39 is 6.16 Å². The predicted molar refractivity (Wildman–Crippen MR) is 56.0 cm³/mol. The van der Waals surface area contributed by atoms with E-state index in [1.807, 2.05) is 0 Å². The third kappa shape index (κ3) is 9.10. The Balaban J connectivity index is 3.05. The van der Waals surface area contributed by atoms with Crippen LogP contribution in [0.4, 0.5) is 4.79 Å². The fraction of sp³-hybridized carbons (Fsp3) is 0.727. The first kappa shape index (κ1) is 13.0. The van der Waals surface area contributed by atoms with Crippen LogP contribution >= 0.6 is 0 Å². The van der Waals surface area contributed by atoms with E-state index in [2.05, 4.69) is 18.2 Å². The summed E-state index contributed by atoms with van der Waals surface area (Å²) in [6, 6.07) is 0. The van der Waals surface area contributed by atoms with E-state index in [4.69, 9.17) is 4.74 Å². The van der Waals surface area contributed by atoms with Crippen molar-refractivity contribution in [3.05, 3.63) is 12.8 Å². The fourth-order valence-electron chi connectivity index (χ4n) is 1.14. The third-order valence-corrected chi connectivity index (χ3v) is 1.90. The zero-order valence-electron chi connectivity index (χ0n) is 8.96. The number of ether oxygens (including phenoxy) is 2. The number of rotatable bonds is 8. The molecule has 0 unspecified atom stereocenters. The molecule has 3 nitrogen and oxygen atoms in total. The molecule has 0 radical (unpaired) electrons. The summed E-state index contributed by atoms with van der Waals surface area (Å²) in [7, 11) is 0. The summed E-state index contributed by atoms with van der Waals surface area (Å²) in [5.74, 6) is 0. The molecule has 3 heteroatoms. The molecule has 0 saturated heterocycles. The Labute approximate surface area is 86.1 Å². The van der Waals surface area contributed by atoms with E-state index >= 15 is 0 Å².